The minimum absolute atomic E-state index is 0.380. The Bertz CT molecular complexity index is 818. The van der Waals surface area contributed by atoms with Crippen molar-refractivity contribution in [3.8, 4) is 0 Å². The molecule has 1 aliphatic rings. The van der Waals surface area contributed by atoms with Crippen LogP contribution in [-0.4, -0.2) is 5.54 Å². The predicted octanol–water partition coefficient (Wildman–Crippen LogP) is 6.18. The third-order valence-corrected chi connectivity index (χ3v) is 4.20. The van der Waals surface area contributed by atoms with Gasteiger partial charge in [0.1, 0.15) is 5.82 Å². The van der Waals surface area contributed by atoms with Crippen LogP contribution in [0.4, 0.5) is 28.9 Å². The standard InChI is InChI=1S/C19H17F4N/c1-12-11-18(2,3)24(16-9-5-8-15(20)17(12)16)14-7-4-6-13(10-14)19(21,22)23/h4-11H,1-3H3. The molecule has 0 unspecified atom stereocenters. The van der Waals surface area contributed by atoms with Gasteiger partial charge in [-0.25, -0.2) is 4.39 Å². The van der Waals surface area contributed by atoms with Crippen molar-refractivity contribution >= 4 is 16.9 Å². The molecule has 0 saturated heterocycles. The highest BCUT2D eigenvalue weighted by Gasteiger charge is 2.36. The third-order valence-electron chi connectivity index (χ3n) is 4.20. The predicted molar refractivity (Wildman–Crippen MR) is 87.7 cm³/mol. The van der Waals surface area contributed by atoms with Crippen LogP contribution >= 0.6 is 0 Å². The minimum atomic E-state index is -4.42. The molecule has 0 atom stereocenters. The highest BCUT2D eigenvalue weighted by Crippen LogP contribution is 2.45. The first-order chi connectivity index (χ1) is 11.1. The quantitative estimate of drug-likeness (QED) is 0.563. The molecule has 0 amide bonds. The monoisotopic (exact) mass is 335 g/mol. The van der Waals surface area contributed by atoms with Crippen molar-refractivity contribution in [2.45, 2.75) is 32.5 Å². The van der Waals surface area contributed by atoms with E-state index in [1.54, 1.807) is 23.1 Å². The SMILES string of the molecule is CC1=CC(C)(C)N(c2cccc(C(F)(F)F)c2)c2cccc(F)c21. The van der Waals surface area contributed by atoms with Crippen molar-refractivity contribution in [1.29, 1.82) is 0 Å². The number of anilines is 2. The van der Waals surface area contributed by atoms with Gasteiger partial charge < -0.3 is 4.90 Å². The Labute approximate surface area is 138 Å². The van der Waals surface area contributed by atoms with Crippen LogP contribution in [0.25, 0.3) is 5.57 Å². The first-order valence-corrected chi connectivity index (χ1v) is 7.57. The van der Waals surface area contributed by atoms with Gasteiger partial charge in [0.2, 0.25) is 0 Å². The zero-order valence-electron chi connectivity index (χ0n) is 13.6. The molecule has 0 saturated carbocycles. The second-order valence-corrected chi connectivity index (χ2v) is 6.50. The summed E-state index contributed by atoms with van der Waals surface area (Å²) in [5, 5.41) is 0. The van der Waals surface area contributed by atoms with Gasteiger partial charge in [0, 0.05) is 11.3 Å². The highest BCUT2D eigenvalue weighted by molar-refractivity contribution is 5.85. The first-order valence-electron chi connectivity index (χ1n) is 7.57. The number of hydrogen-bond donors (Lipinski definition) is 0. The maximum absolute atomic E-state index is 14.3. The van der Waals surface area contributed by atoms with Gasteiger partial charge in [0.15, 0.2) is 0 Å². The van der Waals surface area contributed by atoms with Crippen molar-refractivity contribution in [3.63, 3.8) is 0 Å². The molecule has 0 fully saturated rings. The van der Waals surface area contributed by atoms with Crippen molar-refractivity contribution in [3.05, 3.63) is 65.5 Å². The summed E-state index contributed by atoms with van der Waals surface area (Å²) in [5.41, 5.74) is 0.838. The van der Waals surface area contributed by atoms with E-state index in [9.17, 15) is 17.6 Å². The Morgan fingerprint density at radius 1 is 1.00 bits per heavy atom. The van der Waals surface area contributed by atoms with Gasteiger partial charge in [-0.3, -0.25) is 0 Å². The van der Waals surface area contributed by atoms with Gasteiger partial charge in [-0.05, 0) is 56.7 Å². The number of hydrogen-bond acceptors (Lipinski definition) is 1. The average Bonchev–Trinajstić information content (AvgIpc) is 2.45. The number of alkyl halides is 3. The molecule has 1 heterocycles. The molecule has 0 aliphatic carbocycles. The smallest absolute Gasteiger partial charge is 0.332 e. The van der Waals surface area contributed by atoms with Crippen molar-refractivity contribution in [1.82, 2.24) is 0 Å². The summed E-state index contributed by atoms with van der Waals surface area (Å²) >= 11 is 0. The van der Waals surface area contributed by atoms with E-state index in [1.165, 1.54) is 12.1 Å². The maximum Gasteiger partial charge on any atom is 0.416 e. The van der Waals surface area contributed by atoms with Gasteiger partial charge in [0.05, 0.1) is 16.8 Å². The largest absolute Gasteiger partial charge is 0.416 e. The Morgan fingerprint density at radius 2 is 1.67 bits per heavy atom. The molecule has 1 nitrogen and oxygen atoms in total. The lowest BCUT2D eigenvalue weighted by Gasteiger charge is -2.43. The van der Waals surface area contributed by atoms with Crippen LogP contribution in [0, 0.1) is 5.82 Å². The number of halogens is 4. The lowest BCUT2D eigenvalue weighted by Crippen LogP contribution is -2.41. The number of fused-ring (bicyclic) bond motifs is 1. The molecule has 3 rings (SSSR count). The summed E-state index contributed by atoms with van der Waals surface area (Å²) in [7, 11) is 0. The molecule has 0 radical (unpaired) electrons. The van der Waals surface area contributed by atoms with Gasteiger partial charge in [-0.1, -0.05) is 18.2 Å². The number of benzene rings is 2. The van der Waals surface area contributed by atoms with Gasteiger partial charge >= 0.3 is 6.18 Å². The fourth-order valence-corrected chi connectivity index (χ4v) is 3.36. The summed E-state index contributed by atoms with van der Waals surface area (Å²) < 4.78 is 53.5. The summed E-state index contributed by atoms with van der Waals surface area (Å²) in [6.45, 7) is 5.60. The van der Waals surface area contributed by atoms with Crippen LogP contribution in [0.5, 0.6) is 0 Å². The van der Waals surface area contributed by atoms with Crippen LogP contribution in [-0.2, 0) is 6.18 Å². The molecule has 0 N–H and O–H groups in total. The topological polar surface area (TPSA) is 3.24 Å². The molecular weight excluding hydrogens is 318 g/mol. The normalized spacial score (nSPS) is 16.6. The Morgan fingerprint density at radius 3 is 2.33 bits per heavy atom. The Balaban J connectivity index is 2.23. The summed E-state index contributed by atoms with van der Waals surface area (Å²) in [6.07, 6.45) is -2.55. The van der Waals surface area contributed by atoms with Crippen molar-refractivity contribution in [2.24, 2.45) is 0 Å². The van der Waals surface area contributed by atoms with Crippen molar-refractivity contribution in [2.75, 3.05) is 4.90 Å². The average molecular weight is 335 g/mol. The molecular formula is C19H17F4N. The van der Waals surface area contributed by atoms with Crippen LogP contribution in [0.1, 0.15) is 31.9 Å². The number of allylic oxidation sites excluding steroid dienone is 1. The van der Waals surface area contributed by atoms with E-state index in [2.05, 4.69) is 0 Å². The Hall–Kier alpha value is -2.30. The molecule has 5 heteroatoms. The van der Waals surface area contributed by atoms with E-state index in [0.717, 1.165) is 17.7 Å². The molecule has 0 spiro atoms. The third kappa shape index (κ3) is 2.68. The fraction of sp³-hybridized carbons (Fsp3) is 0.263. The van der Waals surface area contributed by atoms with Crippen LogP contribution in [0.2, 0.25) is 0 Å². The second-order valence-electron chi connectivity index (χ2n) is 6.50. The molecule has 1 aliphatic heterocycles. The second kappa shape index (κ2) is 5.36. The molecule has 0 bridgehead atoms. The zero-order chi connectivity index (χ0) is 17.7. The van der Waals surface area contributed by atoms with Gasteiger partial charge in [0.25, 0.3) is 0 Å². The summed E-state index contributed by atoms with van der Waals surface area (Å²) in [5.74, 6) is -0.381. The van der Waals surface area contributed by atoms with Crippen LogP contribution in [0.3, 0.4) is 0 Å². The lowest BCUT2D eigenvalue weighted by molar-refractivity contribution is -0.137. The van der Waals surface area contributed by atoms with Crippen LogP contribution in [0.15, 0.2) is 48.5 Å². The van der Waals surface area contributed by atoms with E-state index in [4.69, 9.17) is 0 Å². The maximum atomic E-state index is 14.3. The molecule has 0 aromatic heterocycles. The van der Waals surface area contributed by atoms with Crippen LogP contribution < -0.4 is 4.90 Å². The molecule has 2 aromatic carbocycles. The lowest BCUT2D eigenvalue weighted by atomic mass is 9.88. The fourth-order valence-electron chi connectivity index (χ4n) is 3.36. The highest BCUT2D eigenvalue weighted by atomic mass is 19.4. The van der Waals surface area contributed by atoms with E-state index >= 15 is 0 Å². The van der Waals surface area contributed by atoms with Crippen molar-refractivity contribution < 1.29 is 17.6 Å². The first kappa shape index (κ1) is 16.6. The number of rotatable bonds is 1. The molecule has 126 valence electrons. The zero-order valence-corrected chi connectivity index (χ0v) is 13.6. The Kier molecular flexibility index (Phi) is 3.70. The minimum Gasteiger partial charge on any atom is -0.332 e. The van der Waals surface area contributed by atoms with Gasteiger partial charge in [-0.2, -0.15) is 13.2 Å². The van der Waals surface area contributed by atoms with E-state index < -0.39 is 17.3 Å². The van der Waals surface area contributed by atoms with E-state index in [1.807, 2.05) is 26.8 Å². The van der Waals surface area contributed by atoms with E-state index in [-0.39, 0.29) is 5.82 Å². The molecule has 2 aromatic rings. The summed E-state index contributed by atoms with van der Waals surface area (Å²) in [6, 6.07) is 9.79. The molecule has 24 heavy (non-hydrogen) atoms. The summed E-state index contributed by atoms with van der Waals surface area (Å²) in [4.78, 5) is 1.74. The number of nitrogens with zero attached hydrogens (tertiary/aromatic N) is 1. The van der Waals surface area contributed by atoms with Gasteiger partial charge in [-0.15, -0.1) is 0 Å². The van der Waals surface area contributed by atoms with E-state index in [0.29, 0.717) is 16.9 Å².